The molecule has 2 aromatic heterocycles. The van der Waals surface area contributed by atoms with E-state index in [-0.39, 0.29) is 17.7 Å². The molecule has 0 saturated heterocycles. The van der Waals surface area contributed by atoms with Gasteiger partial charge in [0.25, 0.3) is 0 Å². The lowest BCUT2D eigenvalue weighted by Crippen LogP contribution is -1.85. The minimum Gasteiger partial charge on any atom is -0.351 e. The van der Waals surface area contributed by atoms with Crippen molar-refractivity contribution in [3.05, 3.63) is 5.89 Å². The highest BCUT2D eigenvalue weighted by Crippen LogP contribution is 2.11. The summed E-state index contributed by atoms with van der Waals surface area (Å²) in [6, 6.07) is -0.0209. The van der Waals surface area contributed by atoms with E-state index in [9.17, 15) is 0 Å². The lowest BCUT2D eigenvalue weighted by atomic mass is 10.6. The molecule has 0 spiro atoms. The van der Waals surface area contributed by atoms with Crippen LogP contribution in [0.4, 0.5) is 6.01 Å². The first-order valence-corrected chi connectivity index (χ1v) is 3.15. The van der Waals surface area contributed by atoms with E-state index in [1.54, 1.807) is 6.92 Å². The minimum absolute atomic E-state index is 0.0209. The Labute approximate surface area is 66.6 Å². The standard InChI is InChI=1S/C5H5N5O2/c1-2-7-3(9-11-2)4-8-5(6)12-10-4/h1H3,(H2,6,8,10). The van der Waals surface area contributed by atoms with Gasteiger partial charge in [-0.25, -0.2) is 0 Å². The van der Waals surface area contributed by atoms with Crippen LogP contribution in [0.3, 0.4) is 0 Å². The van der Waals surface area contributed by atoms with Crippen LogP contribution in [0, 0.1) is 6.92 Å². The first kappa shape index (κ1) is 6.77. The molecular formula is C5H5N5O2. The first-order chi connectivity index (χ1) is 5.75. The van der Waals surface area contributed by atoms with Crippen molar-refractivity contribution in [2.24, 2.45) is 0 Å². The number of nitrogens with two attached hydrogens (primary N) is 1. The van der Waals surface area contributed by atoms with E-state index in [0.29, 0.717) is 5.89 Å². The van der Waals surface area contributed by atoms with E-state index in [2.05, 4.69) is 24.8 Å². The molecule has 0 aliphatic rings. The molecule has 2 rings (SSSR count). The highest BCUT2D eigenvalue weighted by Gasteiger charge is 2.11. The predicted molar refractivity (Wildman–Crippen MR) is 36.7 cm³/mol. The van der Waals surface area contributed by atoms with Gasteiger partial charge in [-0.1, -0.05) is 10.3 Å². The van der Waals surface area contributed by atoms with Gasteiger partial charge >= 0.3 is 6.01 Å². The van der Waals surface area contributed by atoms with Crippen LogP contribution in [-0.4, -0.2) is 20.3 Å². The van der Waals surface area contributed by atoms with Crippen molar-refractivity contribution < 1.29 is 9.05 Å². The van der Waals surface area contributed by atoms with Crippen LogP contribution in [0.1, 0.15) is 5.89 Å². The molecule has 7 nitrogen and oxygen atoms in total. The number of rotatable bonds is 1. The summed E-state index contributed by atoms with van der Waals surface area (Å²) >= 11 is 0. The summed E-state index contributed by atoms with van der Waals surface area (Å²) in [5, 5.41) is 7.08. The van der Waals surface area contributed by atoms with E-state index >= 15 is 0 Å². The van der Waals surface area contributed by atoms with Gasteiger partial charge < -0.3 is 14.8 Å². The minimum atomic E-state index is -0.0209. The quantitative estimate of drug-likeness (QED) is 0.637. The van der Waals surface area contributed by atoms with Crippen molar-refractivity contribution in [2.45, 2.75) is 6.92 Å². The number of hydrogen-bond donors (Lipinski definition) is 1. The summed E-state index contributed by atoms with van der Waals surface area (Å²) in [5.74, 6) is 0.936. The molecular weight excluding hydrogens is 162 g/mol. The van der Waals surface area contributed by atoms with E-state index < -0.39 is 0 Å². The summed E-state index contributed by atoms with van der Waals surface area (Å²) in [6.45, 7) is 1.67. The average Bonchev–Trinajstić information content (AvgIpc) is 2.58. The molecule has 12 heavy (non-hydrogen) atoms. The zero-order chi connectivity index (χ0) is 8.55. The van der Waals surface area contributed by atoms with Gasteiger partial charge in [-0.05, 0) is 0 Å². The van der Waals surface area contributed by atoms with Crippen LogP contribution >= 0.6 is 0 Å². The van der Waals surface area contributed by atoms with Crippen LogP contribution in [-0.2, 0) is 0 Å². The van der Waals surface area contributed by atoms with Gasteiger partial charge in [0.1, 0.15) is 0 Å². The number of nitrogens with zero attached hydrogens (tertiary/aromatic N) is 4. The maximum absolute atomic E-state index is 5.20. The van der Waals surface area contributed by atoms with E-state index in [1.807, 2.05) is 0 Å². The molecule has 0 bridgehead atoms. The average molecular weight is 167 g/mol. The van der Waals surface area contributed by atoms with Crippen LogP contribution in [0.25, 0.3) is 11.6 Å². The number of hydrogen-bond acceptors (Lipinski definition) is 7. The van der Waals surface area contributed by atoms with Crippen LogP contribution in [0.5, 0.6) is 0 Å². The van der Waals surface area contributed by atoms with Gasteiger partial charge in [-0.3, -0.25) is 0 Å². The number of nitrogen functional groups attached to an aromatic ring is 1. The van der Waals surface area contributed by atoms with Crippen molar-refractivity contribution in [1.82, 2.24) is 20.3 Å². The number of aromatic nitrogens is 4. The van der Waals surface area contributed by atoms with Crippen LogP contribution < -0.4 is 5.73 Å². The fourth-order valence-corrected chi connectivity index (χ4v) is 0.716. The summed E-state index contributed by atoms with van der Waals surface area (Å²) in [6.07, 6.45) is 0. The molecule has 0 aromatic carbocycles. The molecule has 2 heterocycles. The second kappa shape index (κ2) is 2.29. The third-order valence-corrected chi connectivity index (χ3v) is 1.17. The Bertz CT molecular complexity index is 354. The fourth-order valence-electron chi connectivity index (χ4n) is 0.716. The predicted octanol–water partition coefficient (Wildman–Crippen LogP) is 0.0102. The molecule has 0 radical (unpaired) electrons. The molecule has 0 amide bonds. The van der Waals surface area contributed by atoms with Gasteiger partial charge in [0.15, 0.2) is 0 Å². The SMILES string of the molecule is Cc1nc(-c2noc(N)n2)no1. The van der Waals surface area contributed by atoms with Crippen molar-refractivity contribution >= 4 is 6.01 Å². The van der Waals surface area contributed by atoms with Crippen molar-refractivity contribution in [1.29, 1.82) is 0 Å². The van der Waals surface area contributed by atoms with Gasteiger partial charge in [0, 0.05) is 6.92 Å². The highest BCUT2D eigenvalue weighted by molar-refractivity contribution is 5.41. The lowest BCUT2D eigenvalue weighted by molar-refractivity contribution is 0.393. The molecule has 0 aliphatic carbocycles. The Hall–Kier alpha value is -1.92. The summed E-state index contributed by atoms with van der Waals surface area (Å²) < 4.78 is 9.23. The van der Waals surface area contributed by atoms with Gasteiger partial charge in [0.2, 0.25) is 17.5 Å². The highest BCUT2D eigenvalue weighted by atomic mass is 16.5. The number of anilines is 1. The van der Waals surface area contributed by atoms with Crippen LogP contribution in [0.15, 0.2) is 9.05 Å². The number of aryl methyl sites for hydroxylation is 1. The smallest absolute Gasteiger partial charge is 0.319 e. The second-order valence-electron chi connectivity index (χ2n) is 2.09. The van der Waals surface area contributed by atoms with E-state index in [0.717, 1.165) is 0 Å². The maximum atomic E-state index is 5.20. The van der Waals surface area contributed by atoms with Gasteiger partial charge in [-0.15, -0.1) is 0 Å². The normalized spacial score (nSPS) is 10.4. The zero-order valence-corrected chi connectivity index (χ0v) is 6.18. The molecule has 0 saturated carbocycles. The second-order valence-corrected chi connectivity index (χ2v) is 2.09. The molecule has 0 fully saturated rings. The Morgan fingerprint density at radius 1 is 1.08 bits per heavy atom. The van der Waals surface area contributed by atoms with Crippen molar-refractivity contribution in [2.75, 3.05) is 5.73 Å². The fraction of sp³-hybridized carbons (Fsp3) is 0.200. The Balaban J connectivity index is 2.43. The molecule has 0 aliphatic heterocycles. The third-order valence-electron chi connectivity index (χ3n) is 1.17. The van der Waals surface area contributed by atoms with Gasteiger partial charge in [-0.2, -0.15) is 9.97 Å². The van der Waals surface area contributed by atoms with E-state index in [4.69, 9.17) is 10.3 Å². The van der Waals surface area contributed by atoms with Crippen molar-refractivity contribution in [3.63, 3.8) is 0 Å². The van der Waals surface area contributed by atoms with Gasteiger partial charge in [0.05, 0.1) is 0 Å². The third kappa shape index (κ3) is 1.00. The Morgan fingerprint density at radius 3 is 2.25 bits per heavy atom. The summed E-state index contributed by atoms with van der Waals surface area (Å²) in [7, 11) is 0. The molecule has 0 unspecified atom stereocenters. The Morgan fingerprint density at radius 2 is 1.75 bits per heavy atom. The van der Waals surface area contributed by atoms with E-state index in [1.165, 1.54) is 0 Å². The topological polar surface area (TPSA) is 104 Å². The first-order valence-electron chi connectivity index (χ1n) is 3.15. The molecule has 62 valence electrons. The molecule has 7 heteroatoms. The lowest BCUT2D eigenvalue weighted by Gasteiger charge is -1.76. The zero-order valence-electron chi connectivity index (χ0n) is 6.18. The monoisotopic (exact) mass is 167 g/mol. The Kier molecular flexibility index (Phi) is 1.29. The molecule has 2 N–H and O–H groups in total. The maximum Gasteiger partial charge on any atom is 0.319 e. The summed E-state index contributed by atoms with van der Waals surface area (Å²) in [4.78, 5) is 7.59. The molecule has 0 atom stereocenters. The van der Waals surface area contributed by atoms with Crippen molar-refractivity contribution in [3.8, 4) is 11.6 Å². The van der Waals surface area contributed by atoms with Crippen LogP contribution in [0.2, 0.25) is 0 Å². The molecule has 2 aromatic rings. The summed E-state index contributed by atoms with van der Waals surface area (Å²) in [5.41, 5.74) is 5.20. The largest absolute Gasteiger partial charge is 0.351 e.